The molecule has 0 amide bonds. The second-order valence-electron chi connectivity index (χ2n) is 26.6. The molecule has 1 nitrogen and oxygen atoms in total. The first-order chi connectivity index (χ1) is 36.7. The Morgan fingerprint density at radius 3 is 1.34 bits per heavy atom. The van der Waals surface area contributed by atoms with Crippen LogP contribution in [0.5, 0.6) is 0 Å². The second-order valence-corrected chi connectivity index (χ2v) is 26.6. The summed E-state index contributed by atoms with van der Waals surface area (Å²) in [5, 5.41) is 2.52. The topological polar surface area (TPSA) is 3.24 Å². The van der Waals surface area contributed by atoms with Crippen LogP contribution >= 0.6 is 0 Å². The molecule has 10 aromatic rings. The highest BCUT2D eigenvalue weighted by Crippen LogP contribution is 2.66. The minimum Gasteiger partial charge on any atom is -0.310 e. The molecule has 1 heteroatoms. The van der Waals surface area contributed by atoms with Crippen LogP contribution in [-0.4, -0.2) is 0 Å². The zero-order chi connectivity index (χ0) is 53.3. The van der Waals surface area contributed by atoms with E-state index in [2.05, 4.69) is 288 Å². The predicted octanol–water partition coefficient (Wildman–Crippen LogP) is 19.9. The molecule has 1 unspecified atom stereocenters. The van der Waals surface area contributed by atoms with E-state index >= 15 is 0 Å². The van der Waals surface area contributed by atoms with Crippen molar-refractivity contribution in [1.29, 1.82) is 0 Å². The van der Waals surface area contributed by atoms with Crippen LogP contribution in [0.15, 0.2) is 200 Å². The number of fused-ring (bicyclic) bond motifs is 20. The van der Waals surface area contributed by atoms with E-state index in [-0.39, 0.29) is 21.7 Å². The zero-order valence-corrected chi connectivity index (χ0v) is 47.0. The van der Waals surface area contributed by atoms with Crippen molar-refractivity contribution >= 4 is 27.8 Å². The lowest BCUT2D eigenvalue weighted by atomic mass is 9.55. The fourth-order valence-corrected chi connectivity index (χ4v) is 14.6. The molecule has 2 spiro atoms. The monoisotopic (exact) mass is 996 g/mol. The van der Waals surface area contributed by atoms with E-state index < -0.39 is 10.8 Å². The van der Waals surface area contributed by atoms with Gasteiger partial charge in [-0.2, -0.15) is 0 Å². The Kier molecular flexibility index (Phi) is 9.86. The van der Waals surface area contributed by atoms with E-state index in [0.29, 0.717) is 0 Å². The lowest BCUT2D eigenvalue weighted by Gasteiger charge is -2.47. The molecule has 0 heterocycles. The van der Waals surface area contributed by atoms with Gasteiger partial charge >= 0.3 is 0 Å². The van der Waals surface area contributed by atoms with Gasteiger partial charge < -0.3 is 4.90 Å². The van der Waals surface area contributed by atoms with Gasteiger partial charge in [0.1, 0.15) is 0 Å². The first-order valence-corrected chi connectivity index (χ1v) is 28.1. The van der Waals surface area contributed by atoms with Crippen molar-refractivity contribution in [2.75, 3.05) is 4.90 Å². The maximum Gasteiger partial charge on any atom is 0.0726 e. The van der Waals surface area contributed by atoms with Crippen molar-refractivity contribution in [1.82, 2.24) is 0 Å². The van der Waals surface area contributed by atoms with Crippen molar-refractivity contribution in [3.63, 3.8) is 0 Å². The Hall–Kier alpha value is -7.74. The van der Waals surface area contributed by atoms with E-state index in [1.165, 1.54) is 122 Å². The quantitative estimate of drug-likeness (QED) is 0.170. The molecule has 77 heavy (non-hydrogen) atoms. The lowest BCUT2D eigenvalue weighted by molar-refractivity contribution is 0.549. The first-order valence-electron chi connectivity index (χ1n) is 28.1. The summed E-state index contributed by atoms with van der Waals surface area (Å²) in [5.74, 6) is 0. The standard InChI is InChI=1S/C76H69N/c1-46-26-35-63-69(38-46)74(11,12)70-43-51(73(8,9)10)29-36-64(70)75(63)62-37-31-53(44-60(62)59-39-47-20-16-17-21-48(47)40-65(59)75)77(52-22-14-13-15-23-52)54-30-34-58-55-24-18-19-25-61(55)76(68(58)45-54)66-41-49(71(2,3)4)27-32-56(66)57-33-28-50(42-67(57)76)72(5,6)7/h13-45H,1-12H3. The Bertz CT molecular complexity index is 4080. The molecule has 0 aliphatic heterocycles. The molecule has 0 bridgehead atoms. The maximum atomic E-state index is 2.57. The molecule has 0 aromatic heterocycles. The van der Waals surface area contributed by atoms with Gasteiger partial charge in [0.15, 0.2) is 0 Å². The molecule has 0 saturated heterocycles. The summed E-state index contributed by atoms with van der Waals surface area (Å²) in [5.41, 5.74) is 29.1. The number of nitrogens with zero attached hydrogens (tertiary/aromatic N) is 1. The molecule has 10 aromatic carbocycles. The van der Waals surface area contributed by atoms with Gasteiger partial charge in [0.25, 0.3) is 0 Å². The highest BCUT2D eigenvalue weighted by molar-refractivity contribution is 6.00. The molecule has 4 aliphatic rings. The summed E-state index contributed by atoms with van der Waals surface area (Å²) in [6, 6.07) is 78.7. The number of hydrogen-bond acceptors (Lipinski definition) is 1. The maximum absolute atomic E-state index is 2.57. The SMILES string of the molecule is Cc1ccc2c(c1)C(C)(C)c1cc(C(C)(C)C)ccc1C21c2ccc(N(c3ccccc3)c3ccc4c(c3)C3(c5ccccc5-4)c4cc(C(C)(C)C)ccc4-c4ccc(C(C)(C)C)cc43)cc2-c2cc3ccccc3cc21. The molecule has 0 saturated carbocycles. The minimum absolute atomic E-state index is 0.00208. The first kappa shape index (κ1) is 47.7. The van der Waals surface area contributed by atoms with Crippen LogP contribution in [0.3, 0.4) is 0 Å². The number of rotatable bonds is 3. The summed E-state index contributed by atoms with van der Waals surface area (Å²) in [4.78, 5) is 2.53. The fraction of sp³-hybridized carbons (Fsp3) is 0.237. The molecule has 0 N–H and O–H groups in total. The summed E-state index contributed by atoms with van der Waals surface area (Å²) >= 11 is 0. The van der Waals surface area contributed by atoms with Crippen molar-refractivity contribution in [2.24, 2.45) is 0 Å². The molecule has 4 aliphatic carbocycles. The molecule has 378 valence electrons. The van der Waals surface area contributed by atoms with Crippen LogP contribution < -0.4 is 4.90 Å². The van der Waals surface area contributed by atoms with Gasteiger partial charge in [-0.3, -0.25) is 0 Å². The van der Waals surface area contributed by atoms with Crippen LogP contribution in [0.1, 0.15) is 154 Å². The van der Waals surface area contributed by atoms with Crippen LogP contribution in [0.4, 0.5) is 17.1 Å². The summed E-state index contributed by atoms with van der Waals surface area (Å²) in [7, 11) is 0. The van der Waals surface area contributed by atoms with Crippen LogP contribution in [0.2, 0.25) is 0 Å². The van der Waals surface area contributed by atoms with E-state index in [9.17, 15) is 0 Å². The molecule has 0 fully saturated rings. The molecule has 0 radical (unpaired) electrons. The normalized spacial score (nSPS) is 16.8. The predicted molar refractivity (Wildman–Crippen MR) is 325 cm³/mol. The Balaban J connectivity index is 1.05. The highest BCUT2D eigenvalue weighted by atomic mass is 15.1. The molecular weight excluding hydrogens is 927 g/mol. The smallest absolute Gasteiger partial charge is 0.0726 e. The van der Waals surface area contributed by atoms with Gasteiger partial charge in [-0.15, -0.1) is 0 Å². The lowest BCUT2D eigenvalue weighted by Crippen LogP contribution is -2.41. The highest BCUT2D eigenvalue weighted by Gasteiger charge is 2.55. The molecule has 14 rings (SSSR count). The van der Waals surface area contributed by atoms with Gasteiger partial charge in [-0.1, -0.05) is 233 Å². The number of aryl methyl sites for hydroxylation is 1. The van der Waals surface area contributed by atoms with Crippen LogP contribution in [0.25, 0.3) is 44.2 Å². The average molecular weight is 996 g/mol. The third-order valence-electron chi connectivity index (χ3n) is 18.6. The van der Waals surface area contributed by atoms with E-state index in [1.807, 2.05) is 0 Å². The number of hydrogen-bond donors (Lipinski definition) is 0. The summed E-state index contributed by atoms with van der Waals surface area (Å²) in [6.45, 7) is 28.3. The van der Waals surface area contributed by atoms with Gasteiger partial charge in [0.05, 0.1) is 10.8 Å². The number of para-hydroxylation sites is 1. The Labute approximate surface area is 457 Å². The Morgan fingerprint density at radius 1 is 0.286 bits per heavy atom. The Morgan fingerprint density at radius 2 is 0.701 bits per heavy atom. The fourth-order valence-electron chi connectivity index (χ4n) is 14.6. The summed E-state index contributed by atoms with van der Waals surface area (Å²) in [6.07, 6.45) is 0. The van der Waals surface area contributed by atoms with Crippen LogP contribution in [-0.2, 0) is 32.5 Å². The zero-order valence-electron chi connectivity index (χ0n) is 47.0. The van der Waals surface area contributed by atoms with E-state index in [1.54, 1.807) is 0 Å². The van der Waals surface area contributed by atoms with Gasteiger partial charge in [-0.05, 0) is 188 Å². The third-order valence-corrected chi connectivity index (χ3v) is 18.6. The van der Waals surface area contributed by atoms with Crippen LogP contribution in [0, 0.1) is 6.92 Å². The largest absolute Gasteiger partial charge is 0.310 e. The van der Waals surface area contributed by atoms with E-state index in [4.69, 9.17) is 0 Å². The van der Waals surface area contributed by atoms with E-state index in [0.717, 1.165) is 17.1 Å². The second kappa shape index (κ2) is 15.9. The van der Waals surface area contributed by atoms with Crippen molar-refractivity contribution in [3.05, 3.63) is 278 Å². The van der Waals surface area contributed by atoms with Crippen molar-refractivity contribution in [3.8, 4) is 33.4 Å². The van der Waals surface area contributed by atoms with Crippen molar-refractivity contribution < 1.29 is 0 Å². The van der Waals surface area contributed by atoms with Crippen molar-refractivity contribution in [2.45, 2.75) is 116 Å². The summed E-state index contributed by atoms with van der Waals surface area (Å²) < 4.78 is 0. The number of anilines is 3. The molecule has 1 atom stereocenters. The molecular formula is C76H69N. The van der Waals surface area contributed by atoms with Gasteiger partial charge in [-0.25, -0.2) is 0 Å². The van der Waals surface area contributed by atoms with Gasteiger partial charge in [0.2, 0.25) is 0 Å². The average Bonchev–Trinajstić information content (AvgIpc) is 3.98. The minimum atomic E-state index is -0.540. The number of benzene rings is 10. The van der Waals surface area contributed by atoms with Gasteiger partial charge in [0, 0.05) is 22.5 Å². The third kappa shape index (κ3) is 6.53.